The highest BCUT2D eigenvalue weighted by atomic mass is 19.2. The molecule has 4 unspecified atom stereocenters. The first-order valence-electron chi connectivity index (χ1n) is 10.9. The lowest BCUT2D eigenvalue weighted by Crippen LogP contribution is -2.45. The van der Waals surface area contributed by atoms with Crippen molar-refractivity contribution in [1.82, 2.24) is 29.8 Å². The normalized spacial score (nSPS) is 22.4. The van der Waals surface area contributed by atoms with E-state index in [1.807, 2.05) is 30.3 Å². The molecule has 1 fully saturated rings. The standard InChI is InChI=1S/C23H21F3N6O3/c24-15-6-14(7-16(25)21(15)26)17-10-31(30-29-17)18-8-19(35-20(11-33)22(18)34)23-27-12-28-32(23)9-13-4-2-1-3-5-13/h1-7,10,12,18-20,22,33-34H,8-9,11H2. The molecule has 0 amide bonds. The van der Waals surface area contributed by atoms with Gasteiger partial charge in [0.05, 0.1) is 25.4 Å². The second kappa shape index (κ2) is 9.56. The van der Waals surface area contributed by atoms with Crippen LogP contribution in [-0.2, 0) is 11.3 Å². The number of aliphatic hydroxyl groups excluding tert-OH is 2. The van der Waals surface area contributed by atoms with E-state index < -0.39 is 48.4 Å². The number of benzene rings is 2. The van der Waals surface area contributed by atoms with Crippen LogP contribution in [0.1, 0.15) is 30.0 Å². The average Bonchev–Trinajstić information content (AvgIpc) is 3.53. The van der Waals surface area contributed by atoms with E-state index in [1.54, 1.807) is 4.68 Å². The van der Waals surface area contributed by atoms with Crippen molar-refractivity contribution in [3.63, 3.8) is 0 Å². The third-order valence-electron chi connectivity index (χ3n) is 5.99. The Hall–Kier alpha value is -3.61. The molecule has 0 saturated carbocycles. The van der Waals surface area contributed by atoms with E-state index in [1.165, 1.54) is 17.2 Å². The fourth-order valence-electron chi connectivity index (χ4n) is 4.21. The first kappa shape index (κ1) is 23.1. The van der Waals surface area contributed by atoms with Gasteiger partial charge in [0.25, 0.3) is 0 Å². The van der Waals surface area contributed by atoms with Crippen LogP contribution < -0.4 is 0 Å². The van der Waals surface area contributed by atoms with Gasteiger partial charge in [-0.2, -0.15) is 5.10 Å². The van der Waals surface area contributed by atoms with Gasteiger partial charge in [0.2, 0.25) is 0 Å². The number of halogens is 3. The van der Waals surface area contributed by atoms with Crippen molar-refractivity contribution in [2.45, 2.75) is 37.3 Å². The highest BCUT2D eigenvalue weighted by Gasteiger charge is 2.41. The SMILES string of the molecule is OCC1OC(c2ncnn2Cc2ccccc2)CC(n2cc(-c3cc(F)c(F)c(F)c3)nn2)C1O. The smallest absolute Gasteiger partial charge is 0.194 e. The summed E-state index contributed by atoms with van der Waals surface area (Å²) in [6, 6.07) is 10.6. The lowest BCUT2D eigenvalue weighted by molar-refractivity contribution is -0.161. The Morgan fingerprint density at radius 3 is 2.54 bits per heavy atom. The van der Waals surface area contributed by atoms with Crippen LogP contribution in [0.2, 0.25) is 0 Å². The van der Waals surface area contributed by atoms with Gasteiger partial charge in [-0.05, 0) is 17.7 Å². The van der Waals surface area contributed by atoms with Gasteiger partial charge in [0.1, 0.15) is 30.3 Å². The fraction of sp³-hybridized carbons (Fsp3) is 0.304. The zero-order valence-corrected chi connectivity index (χ0v) is 18.2. The minimum atomic E-state index is -1.57. The van der Waals surface area contributed by atoms with Crippen molar-refractivity contribution in [2.75, 3.05) is 6.61 Å². The molecular formula is C23H21F3N6O3. The van der Waals surface area contributed by atoms with Gasteiger partial charge in [0.15, 0.2) is 23.3 Å². The van der Waals surface area contributed by atoms with Gasteiger partial charge in [0, 0.05) is 12.0 Å². The highest BCUT2D eigenvalue weighted by molar-refractivity contribution is 5.57. The van der Waals surface area contributed by atoms with E-state index in [4.69, 9.17) is 4.74 Å². The largest absolute Gasteiger partial charge is 0.394 e. The van der Waals surface area contributed by atoms with Crippen LogP contribution >= 0.6 is 0 Å². The van der Waals surface area contributed by atoms with Gasteiger partial charge in [-0.15, -0.1) is 5.10 Å². The molecule has 9 nitrogen and oxygen atoms in total. The summed E-state index contributed by atoms with van der Waals surface area (Å²) >= 11 is 0. The molecule has 1 aliphatic rings. The number of aromatic nitrogens is 6. The van der Waals surface area contributed by atoms with Crippen molar-refractivity contribution in [3.8, 4) is 11.3 Å². The van der Waals surface area contributed by atoms with Crippen LogP contribution in [-0.4, -0.2) is 58.8 Å². The van der Waals surface area contributed by atoms with E-state index in [0.717, 1.165) is 17.7 Å². The van der Waals surface area contributed by atoms with Gasteiger partial charge >= 0.3 is 0 Å². The third kappa shape index (κ3) is 4.55. The van der Waals surface area contributed by atoms with Crippen molar-refractivity contribution in [1.29, 1.82) is 0 Å². The minimum Gasteiger partial charge on any atom is -0.394 e. The van der Waals surface area contributed by atoms with Crippen molar-refractivity contribution in [3.05, 3.63) is 83.8 Å². The van der Waals surface area contributed by atoms with Crippen molar-refractivity contribution < 1.29 is 28.1 Å². The molecule has 4 atom stereocenters. The average molecular weight is 486 g/mol. The Bertz CT molecular complexity index is 1290. The second-order valence-electron chi connectivity index (χ2n) is 8.24. The lowest BCUT2D eigenvalue weighted by atomic mass is 9.95. The topological polar surface area (TPSA) is 111 Å². The molecule has 3 heterocycles. The van der Waals surface area contributed by atoms with Gasteiger partial charge in [-0.25, -0.2) is 27.5 Å². The Morgan fingerprint density at radius 2 is 1.83 bits per heavy atom. The zero-order valence-electron chi connectivity index (χ0n) is 18.2. The molecule has 35 heavy (non-hydrogen) atoms. The molecule has 0 bridgehead atoms. The highest BCUT2D eigenvalue weighted by Crippen LogP contribution is 2.37. The number of rotatable bonds is 6. The van der Waals surface area contributed by atoms with E-state index >= 15 is 0 Å². The first-order valence-corrected chi connectivity index (χ1v) is 10.9. The van der Waals surface area contributed by atoms with E-state index in [-0.39, 0.29) is 17.7 Å². The van der Waals surface area contributed by atoms with Crippen LogP contribution in [0.25, 0.3) is 11.3 Å². The fourth-order valence-corrected chi connectivity index (χ4v) is 4.21. The second-order valence-corrected chi connectivity index (χ2v) is 8.24. The van der Waals surface area contributed by atoms with Crippen molar-refractivity contribution >= 4 is 0 Å². The number of aliphatic hydroxyl groups is 2. The number of ether oxygens (including phenoxy) is 1. The summed E-state index contributed by atoms with van der Waals surface area (Å²) in [6.07, 6.45) is 0.263. The van der Waals surface area contributed by atoms with Crippen LogP contribution in [0.4, 0.5) is 13.2 Å². The molecule has 2 aromatic carbocycles. The third-order valence-corrected chi connectivity index (χ3v) is 5.99. The zero-order chi connectivity index (χ0) is 24.5. The maximum atomic E-state index is 13.7. The molecule has 2 N–H and O–H groups in total. The summed E-state index contributed by atoms with van der Waals surface area (Å²) < 4.78 is 49.6. The van der Waals surface area contributed by atoms with Crippen LogP contribution in [0, 0.1) is 17.5 Å². The summed E-state index contributed by atoms with van der Waals surface area (Å²) in [5.74, 6) is -3.76. The summed E-state index contributed by atoms with van der Waals surface area (Å²) in [5, 5.41) is 32.9. The first-order chi connectivity index (χ1) is 16.9. The molecule has 0 radical (unpaired) electrons. The quantitative estimate of drug-likeness (QED) is 0.403. The molecule has 12 heteroatoms. The summed E-state index contributed by atoms with van der Waals surface area (Å²) in [5.41, 5.74) is 1.09. The van der Waals surface area contributed by atoms with E-state index in [2.05, 4.69) is 20.4 Å². The van der Waals surface area contributed by atoms with E-state index in [9.17, 15) is 23.4 Å². The lowest BCUT2D eigenvalue weighted by Gasteiger charge is -2.38. The van der Waals surface area contributed by atoms with Gasteiger partial charge < -0.3 is 14.9 Å². The molecule has 1 saturated heterocycles. The van der Waals surface area contributed by atoms with Crippen LogP contribution in [0.5, 0.6) is 0 Å². The molecule has 4 aromatic rings. The monoisotopic (exact) mass is 486 g/mol. The minimum absolute atomic E-state index is 0.00735. The summed E-state index contributed by atoms with van der Waals surface area (Å²) in [7, 11) is 0. The predicted molar refractivity (Wildman–Crippen MR) is 115 cm³/mol. The molecule has 0 aliphatic carbocycles. The number of hydrogen-bond donors (Lipinski definition) is 2. The summed E-state index contributed by atoms with van der Waals surface area (Å²) in [6.45, 7) is -0.0147. The van der Waals surface area contributed by atoms with Crippen LogP contribution in [0.3, 0.4) is 0 Å². The number of hydrogen-bond acceptors (Lipinski definition) is 7. The van der Waals surface area contributed by atoms with Gasteiger partial charge in [-0.3, -0.25) is 0 Å². The Balaban J connectivity index is 1.43. The van der Waals surface area contributed by atoms with E-state index in [0.29, 0.717) is 12.4 Å². The Labute approximate surface area is 197 Å². The Kier molecular flexibility index (Phi) is 6.32. The molecule has 1 aliphatic heterocycles. The molecule has 182 valence electrons. The Morgan fingerprint density at radius 1 is 1.09 bits per heavy atom. The summed E-state index contributed by atoms with van der Waals surface area (Å²) in [4.78, 5) is 4.34. The molecule has 2 aromatic heterocycles. The van der Waals surface area contributed by atoms with Crippen LogP contribution in [0.15, 0.2) is 55.0 Å². The molecular weight excluding hydrogens is 465 g/mol. The predicted octanol–water partition coefficient (Wildman–Crippen LogP) is 2.43. The molecule has 0 spiro atoms. The van der Waals surface area contributed by atoms with Gasteiger partial charge in [-0.1, -0.05) is 35.5 Å². The van der Waals surface area contributed by atoms with Crippen molar-refractivity contribution in [2.24, 2.45) is 0 Å². The molecule has 5 rings (SSSR count). The maximum Gasteiger partial charge on any atom is 0.194 e. The number of nitrogens with zero attached hydrogens (tertiary/aromatic N) is 6. The maximum absolute atomic E-state index is 13.7.